The molecule has 0 amide bonds. The van der Waals surface area contributed by atoms with E-state index >= 15 is 0 Å². The van der Waals surface area contributed by atoms with Crippen LogP contribution in [-0.2, 0) is 6.61 Å². The van der Waals surface area contributed by atoms with Crippen LogP contribution in [0.1, 0.15) is 27.0 Å². The summed E-state index contributed by atoms with van der Waals surface area (Å²) in [7, 11) is 0. The Kier molecular flexibility index (Phi) is 5.19. The SMILES string of the molecule is C=Cc1ccc(COc2ccc3c(c2)O/C(=C\c2c(F)cccc2Cl)C3=O)cc1. The van der Waals surface area contributed by atoms with Gasteiger partial charge in [0, 0.05) is 11.6 Å². The molecule has 3 nitrogen and oxygen atoms in total. The van der Waals surface area contributed by atoms with Crippen LogP contribution in [0.5, 0.6) is 11.5 Å². The second-order valence-corrected chi connectivity index (χ2v) is 6.87. The van der Waals surface area contributed by atoms with Crippen molar-refractivity contribution in [3.8, 4) is 11.5 Å². The molecule has 0 unspecified atom stereocenters. The average molecular weight is 407 g/mol. The highest BCUT2D eigenvalue weighted by Gasteiger charge is 2.28. The van der Waals surface area contributed by atoms with Gasteiger partial charge in [0.05, 0.1) is 10.6 Å². The number of hydrogen-bond acceptors (Lipinski definition) is 3. The predicted octanol–water partition coefficient (Wildman–Crippen LogP) is 6.32. The number of Topliss-reactive ketones (excluding diaryl/α,β-unsaturated/α-hetero) is 1. The van der Waals surface area contributed by atoms with E-state index < -0.39 is 5.82 Å². The molecular weight excluding hydrogens is 391 g/mol. The van der Waals surface area contributed by atoms with Gasteiger partial charge in [-0.15, -0.1) is 0 Å². The van der Waals surface area contributed by atoms with E-state index in [1.54, 1.807) is 30.3 Å². The molecule has 4 rings (SSSR count). The van der Waals surface area contributed by atoms with Crippen molar-refractivity contribution in [1.82, 2.24) is 0 Å². The number of halogens is 2. The predicted molar refractivity (Wildman–Crippen MR) is 112 cm³/mol. The summed E-state index contributed by atoms with van der Waals surface area (Å²) in [5.41, 5.74) is 2.55. The van der Waals surface area contributed by atoms with Gasteiger partial charge in [0.2, 0.25) is 5.78 Å². The van der Waals surface area contributed by atoms with Crippen molar-refractivity contribution in [3.63, 3.8) is 0 Å². The number of rotatable bonds is 5. The molecule has 0 atom stereocenters. The van der Waals surface area contributed by atoms with Crippen molar-refractivity contribution in [2.45, 2.75) is 6.61 Å². The van der Waals surface area contributed by atoms with Gasteiger partial charge in [-0.3, -0.25) is 4.79 Å². The van der Waals surface area contributed by atoms with Gasteiger partial charge in [-0.05, 0) is 41.5 Å². The van der Waals surface area contributed by atoms with Crippen molar-refractivity contribution in [2.75, 3.05) is 0 Å². The number of carbonyl (C=O) groups excluding carboxylic acids is 1. The van der Waals surface area contributed by atoms with Crippen LogP contribution in [-0.4, -0.2) is 5.78 Å². The Morgan fingerprint density at radius 3 is 2.62 bits per heavy atom. The van der Waals surface area contributed by atoms with Gasteiger partial charge in [-0.1, -0.05) is 54.6 Å². The molecule has 0 aliphatic carbocycles. The molecular formula is C24H16ClFO3. The first-order chi connectivity index (χ1) is 14.0. The number of benzene rings is 3. The Balaban J connectivity index is 1.52. The Morgan fingerprint density at radius 2 is 1.90 bits per heavy atom. The van der Waals surface area contributed by atoms with Crippen LogP contribution in [0.2, 0.25) is 5.02 Å². The van der Waals surface area contributed by atoms with Crippen LogP contribution in [0.15, 0.2) is 73.0 Å². The monoisotopic (exact) mass is 406 g/mol. The van der Waals surface area contributed by atoms with Gasteiger partial charge in [0.1, 0.15) is 23.9 Å². The Hall–Kier alpha value is -3.37. The fourth-order valence-corrected chi connectivity index (χ4v) is 3.17. The second-order valence-electron chi connectivity index (χ2n) is 6.47. The maximum absolute atomic E-state index is 14.0. The van der Waals surface area contributed by atoms with Gasteiger partial charge in [0.25, 0.3) is 0 Å². The maximum Gasteiger partial charge on any atom is 0.231 e. The molecule has 1 aliphatic rings. The highest BCUT2D eigenvalue weighted by atomic mass is 35.5. The van der Waals surface area contributed by atoms with E-state index in [0.29, 0.717) is 23.7 Å². The van der Waals surface area contributed by atoms with Gasteiger partial charge < -0.3 is 9.47 Å². The van der Waals surface area contributed by atoms with Crippen molar-refractivity contribution in [1.29, 1.82) is 0 Å². The van der Waals surface area contributed by atoms with Crippen molar-refractivity contribution < 1.29 is 18.7 Å². The minimum atomic E-state index is -0.524. The minimum absolute atomic E-state index is 0.0177. The van der Waals surface area contributed by atoms with E-state index in [2.05, 4.69) is 6.58 Å². The zero-order chi connectivity index (χ0) is 20.4. The summed E-state index contributed by atoms with van der Waals surface area (Å²) in [6.45, 7) is 4.10. The van der Waals surface area contributed by atoms with Crippen molar-refractivity contribution in [3.05, 3.63) is 106 Å². The molecule has 0 saturated heterocycles. The fourth-order valence-electron chi connectivity index (χ4n) is 2.95. The molecule has 29 heavy (non-hydrogen) atoms. The van der Waals surface area contributed by atoms with Crippen LogP contribution >= 0.6 is 11.6 Å². The van der Waals surface area contributed by atoms with E-state index in [9.17, 15) is 9.18 Å². The molecule has 0 radical (unpaired) electrons. The average Bonchev–Trinajstić information content (AvgIpc) is 3.04. The number of allylic oxidation sites excluding steroid dienone is 1. The lowest BCUT2D eigenvalue weighted by Gasteiger charge is -2.08. The summed E-state index contributed by atoms with van der Waals surface area (Å²) < 4.78 is 25.5. The van der Waals surface area contributed by atoms with Crippen LogP contribution in [0.3, 0.4) is 0 Å². The first-order valence-electron chi connectivity index (χ1n) is 8.91. The quantitative estimate of drug-likeness (QED) is 0.465. The summed E-state index contributed by atoms with van der Waals surface area (Å²) in [5, 5.41) is 0.205. The maximum atomic E-state index is 14.0. The highest BCUT2D eigenvalue weighted by molar-refractivity contribution is 6.32. The molecule has 1 aliphatic heterocycles. The summed E-state index contributed by atoms with van der Waals surface area (Å²) >= 11 is 6.03. The summed E-state index contributed by atoms with van der Waals surface area (Å²) in [4.78, 5) is 12.6. The summed E-state index contributed by atoms with van der Waals surface area (Å²) in [6, 6.07) is 17.2. The zero-order valence-electron chi connectivity index (χ0n) is 15.3. The normalized spacial score (nSPS) is 13.9. The van der Waals surface area contributed by atoms with Gasteiger partial charge in [0.15, 0.2) is 5.76 Å². The lowest BCUT2D eigenvalue weighted by molar-refractivity contribution is 0.101. The number of ether oxygens (including phenoxy) is 2. The number of hydrogen-bond donors (Lipinski definition) is 0. The molecule has 0 aromatic heterocycles. The molecule has 0 bridgehead atoms. The third-order valence-corrected chi connectivity index (χ3v) is 4.87. The first-order valence-corrected chi connectivity index (χ1v) is 9.29. The third kappa shape index (κ3) is 3.93. The summed E-state index contributed by atoms with van der Waals surface area (Å²) in [6.07, 6.45) is 3.10. The lowest BCUT2D eigenvalue weighted by atomic mass is 10.1. The lowest BCUT2D eigenvalue weighted by Crippen LogP contribution is -1.99. The molecule has 0 fully saturated rings. The zero-order valence-corrected chi connectivity index (χ0v) is 16.1. The topological polar surface area (TPSA) is 35.5 Å². The Morgan fingerprint density at radius 1 is 1.10 bits per heavy atom. The molecule has 5 heteroatoms. The van der Waals surface area contributed by atoms with Crippen LogP contribution in [0, 0.1) is 5.82 Å². The number of ketones is 1. The molecule has 3 aromatic rings. The Bertz CT molecular complexity index is 1110. The number of fused-ring (bicyclic) bond motifs is 1. The molecule has 0 saturated carbocycles. The molecule has 0 N–H and O–H groups in total. The molecule has 144 valence electrons. The largest absolute Gasteiger partial charge is 0.489 e. The Labute approximate surface area is 172 Å². The van der Waals surface area contributed by atoms with Gasteiger partial charge in [-0.25, -0.2) is 4.39 Å². The summed E-state index contributed by atoms with van der Waals surface area (Å²) in [5.74, 6) is 0.0987. The minimum Gasteiger partial charge on any atom is -0.489 e. The standard InChI is InChI=1S/C24H16ClFO3/c1-2-15-6-8-16(9-7-15)14-28-17-10-11-18-22(12-17)29-23(24(18)27)13-19-20(25)4-3-5-21(19)26/h2-13H,1,14H2/b23-13-. The number of carbonyl (C=O) groups is 1. The van der Waals surface area contributed by atoms with Crippen LogP contribution in [0.25, 0.3) is 12.2 Å². The smallest absolute Gasteiger partial charge is 0.231 e. The van der Waals surface area contributed by atoms with E-state index in [1.807, 2.05) is 24.3 Å². The van der Waals surface area contributed by atoms with Crippen molar-refractivity contribution in [2.24, 2.45) is 0 Å². The molecule has 3 aromatic carbocycles. The van der Waals surface area contributed by atoms with E-state index in [4.69, 9.17) is 21.1 Å². The van der Waals surface area contributed by atoms with E-state index in [-0.39, 0.29) is 22.1 Å². The molecule has 0 spiro atoms. The van der Waals surface area contributed by atoms with Gasteiger partial charge in [-0.2, -0.15) is 0 Å². The third-order valence-electron chi connectivity index (χ3n) is 4.54. The first kappa shape index (κ1) is 19.0. The molecule has 1 heterocycles. The van der Waals surface area contributed by atoms with E-state index in [1.165, 1.54) is 18.2 Å². The van der Waals surface area contributed by atoms with Crippen LogP contribution < -0.4 is 9.47 Å². The van der Waals surface area contributed by atoms with Crippen LogP contribution in [0.4, 0.5) is 4.39 Å². The second kappa shape index (κ2) is 7.94. The fraction of sp³-hybridized carbons (Fsp3) is 0.0417. The van der Waals surface area contributed by atoms with Gasteiger partial charge >= 0.3 is 0 Å². The van der Waals surface area contributed by atoms with Crippen molar-refractivity contribution >= 4 is 29.5 Å². The van der Waals surface area contributed by atoms with E-state index in [0.717, 1.165) is 11.1 Å². The highest BCUT2D eigenvalue weighted by Crippen LogP contribution is 2.36.